The molecule has 1 aromatic heterocycles. The van der Waals surface area contributed by atoms with Crippen molar-refractivity contribution >= 4 is 28.6 Å². The van der Waals surface area contributed by atoms with Crippen molar-refractivity contribution in [1.82, 2.24) is 14.5 Å². The molecule has 2 aromatic rings. The monoisotopic (exact) mass is 361 g/mol. The first-order valence-electron chi connectivity index (χ1n) is 8.98. The van der Waals surface area contributed by atoms with Crippen LogP contribution in [0.3, 0.4) is 0 Å². The lowest BCUT2D eigenvalue weighted by Gasteiger charge is -2.23. The van der Waals surface area contributed by atoms with Gasteiger partial charge in [0.25, 0.3) is 5.56 Å². The van der Waals surface area contributed by atoms with Crippen molar-refractivity contribution in [2.24, 2.45) is 0 Å². The SMILES string of the molecule is CCCCn1c(SC(C)C(=O)N(CC)CC)nc2ccccc2c1=O. The second kappa shape index (κ2) is 9.04. The maximum Gasteiger partial charge on any atom is 0.262 e. The van der Waals surface area contributed by atoms with Gasteiger partial charge < -0.3 is 4.90 Å². The number of hydrogen-bond acceptors (Lipinski definition) is 4. The van der Waals surface area contributed by atoms with E-state index in [1.807, 2.05) is 49.9 Å². The molecule has 0 N–H and O–H groups in total. The number of para-hydroxylation sites is 1. The minimum atomic E-state index is -0.277. The molecule has 1 heterocycles. The zero-order chi connectivity index (χ0) is 18.4. The lowest BCUT2D eigenvalue weighted by Crippen LogP contribution is -2.36. The van der Waals surface area contributed by atoms with Gasteiger partial charge in [-0.25, -0.2) is 4.98 Å². The molecule has 25 heavy (non-hydrogen) atoms. The van der Waals surface area contributed by atoms with Crippen molar-refractivity contribution in [3.63, 3.8) is 0 Å². The Balaban J connectivity index is 2.41. The summed E-state index contributed by atoms with van der Waals surface area (Å²) in [4.78, 5) is 31.9. The average molecular weight is 362 g/mol. The summed E-state index contributed by atoms with van der Waals surface area (Å²) < 4.78 is 1.72. The van der Waals surface area contributed by atoms with Crippen molar-refractivity contribution in [3.8, 4) is 0 Å². The molecule has 0 saturated heterocycles. The van der Waals surface area contributed by atoms with Crippen LogP contribution in [-0.4, -0.2) is 38.7 Å². The van der Waals surface area contributed by atoms with Crippen LogP contribution in [0.1, 0.15) is 40.5 Å². The van der Waals surface area contributed by atoms with E-state index < -0.39 is 0 Å². The number of amides is 1. The topological polar surface area (TPSA) is 55.2 Å². The summed E-state index contributed by atoms with van der Waals surface area (Å²) in [6.07, 6.45) is 1.91. The first-order valence-corrected chi connectivity index (χ1v) is 9.86. The van der Waals surface area contributed by atoms with Crippen molar-refractivity contribution in [2.75, 3.05) is 13.1 Å². The minimum absolute atomic E-state index is 0.0240. The van der Waals surface area contributed by atoms with Gasteiger partial charge in [-0.1, -0.05) is 37.2 Å². The van der Waals surface area contributed by atoms with Gasteiger partial charge in [-0.2, -0.15) is 0 Å². The quantitative estimate of drug-likeness (QED) is 0.533. The number of benzene rings is 1. The number of carbonyl (C=O) groups excluding carboxylic acids is 1. The van der Waals surface area contributed by atoms with Gasteiger partial charge >= 0.3 is 0 Å². The number of carbonyl (C=O) groups is 1. The van der Waals surface area contributed by atoms with E-state index >= 15 is 0 Å². The molecule has 5 nitrogen and oxygen atoms in total. The van der Waals surface area contributed by atoms with Crippen LogP contribution in [0.4, 0.5) is 0 Å². The zero-order valence-electron chi connectivity index (χ0n) is 15.5. The van der Waals surface area contributed by atoms with Crippen LogP contribution >= 0.6 is 11.8 Å². The summed E-state index contributed by atoms with van der Waals surface area (Å²) in [6, 6.07) is 7.40. The van der Waals surface area contributed by atoms with Crippen LogP contribution in [-0.2, 0) is 11.3 Å². The number of aromatic nitrogens is 2. The average Bonchev–Trinajstić information content (AvgIpc) is 2.62. The lowest BCUT2D eigenvalue weighted by molar-refractivity contribution is -0.129. The highest BCUT2D eigenvalue weighted by molar-refractivity contribution is 8.00. The van der Waals surface area contributed by atoms with Gasteiger partial charge in [0.1, 0.15) is 0 Å². The van der Waals surface area contributed by atoms with Crippen molar-refractivity contribution in [2.45, 2.75) is 57.5 Å². The molecule has 0 bridgehead atoms. The Morgan fingerprint density at radius 3 is 2.56 bits per heavy atom. The summed E-state index contributed by atoms with van der Waals surface area (Å²) in [6.45, 7) is 9.94. The Kier molecular flexibility index (Phi) is 7.05. The van der Waals surface area contributed by atoms with Crippen LogP contribution in [0.2, 0.25) is 0 Å². The maximum absolute atomic E-state index is 12.9. The molecule has 1 atom stereocenters. The highest BCUT2D eigenvalue weighted by Crippen LogP contribution is 2.24. The Morgan fingerprint density at radius 2 is 1.92 bits per heavy atom. The van der Waals surface area contributed by atoms with E-state index in [9.17, 15) is 9.59 Å². The van der Waals surface area contributed by atoms with Crippen LogP contribution < -0.4 is 5.56 Å². The fourth-order valence-corrected chi connectivity index (χ4v) is 3.77. The van der Waals surface area contributed by atoms with E-state index in [4.69, 9.17) is 0 Å². The van der Waals surface area contributed by atoms with Gasteiger partial charge in [-0.3, -0.25) is 14.2 Å². The Labute approximate surface area is 153 Å². The minimum Gasteiger partial charge on any atom is -0.342 e. The third kappa shape index (κ3) is 4.42. The first-order chi connectivity index (χ1) is 12.0. The first kappa shape index (κ1) is 19.5. The van der Waals surface area contributed by atoms with E-state index in [0.29, 0.717) is 35.7 Å². The van der Waals surface area contributed by atoms with E-state index in [1.54, 1.807) is 4.57 Å². The standard InChI is InChI=1S/C19H27N3O2S/c1-5-8-13-22-18(24)15-11-9-10-12-16(15)20-19(22)25-14(4)17(23)21(6-2)7-3/h9-12,14H,5-8,13H2,1-4H3. The smallest absolute Gasteiger partial charge is 0.262 e. The fraction of sp³-hybridized carbons (Fsp3) is 0.526. The fourth-order valence-electron chi connectivity index (χ4n) is 2.75. The number of rotatable bonds is 8. The molecule has 0 saturated carbocycles. The zero-order valence-corrected chi connectivity index (χ0v) is 16.3. The normalized spacial score (nSPS) is 12.3. The number of hydrogen-bond donors (Lipinski definition) is 0. The van der Waals surface area contributed by atoms with Crippen LogP contribution in [0.25, 0.3) is 10.9 Å². The third-order valence-electron chi connectivity index (χ3n) is 4.27. The van der Waals surface area contributed by atoms with E-state index in [1.165, 1.54) is 11.8 Å². The van der Waals surface area contributed by atoms with E-state index in [2.05, 4.69) is 11.9 Å². The molecule has 0 aliphatic carbocycles. The van der Waals surface area contributed by atoms with Gasteiger partial charge in [0.05, 0.1) is 16.2 Å². The third-order valence-corrected chi connectivity index (χ3v) is 5.34. The second-order valence-corrected chi connectivity index (χ2v) is 7.30. The molecule has 0 aliphatic rings. The predicted molar refractivity (Wildman–Crippen MR) is 104 cm³/mol. The maximum atomic E-state index is 12.9. The molecule has 2 rings (SSSR count). The van der Waals surface area contributed by atoms with Crippen LogP contribution in [0.15, 0.2) is 34.2 Å². The van der Waals surface area contributed by atoms with Crippen molar-refractivity contribution in [1.29, 1.82) is 0 Å². The molecule has 0 fully saturated rings. The Morgan fingerprint density at radius 1 is 1.24 bits per heavy atom. The molecule has 0 spiro atoms. The molecule has 1 amide bonds. The number of thioether (sulfide) groups is 1. The predicted octanol–water partition coefficient (Wildman–Crippen LogP) is 3.55. The van der Waals surface area contributed by atoms with Gasteiger partial charge in [0.15, 0.2) is 5.16 Å². The highest BCUT2D eigenvalue weighted by atomic mass is 32.2. The summed E-state index contributed by atoms with van der Waals surface area (Å²) in [5, 5.41) is 0.983. The summed E-state index contributed by atoms with van der Waals surface area (Å²) >= 11 is 1.38. The summed E-state index contributed by atoms with van der Waals surface area (Å²) in [5.74, 6) is 0.0828. The van der Waals surface area contributed by atoms with Gasteiger partial charge in [0, 0.05) is 19.6 Å². The van der Waals surface area contributed by atoms with Gasteiger partial charge in [-0.15, -0.1) is 0 Å². The summed E-state index contributed by atoms with van der Waals surface area (Å²) in [7, 11) is 0. The molecule has 1 aromatic carbocycles. The second-order valence-electron chi connectivity index (χ2n) is 5.99. The van der Waals surface area contributed by atoms with Gasteiger partial charge in [-0.05, 0) is 39.3 Å². The molecular formula is C19H27N3O2S. The molecule has 0 radical (unpaired) electrons. The van der Waals surface area contributed by atoms with Crippen LogP contribution in [0, 0.1) is 0 Å². The van der Waals surface area contributed by atoms with Crippen molar-refractivity contribution < 1.29 is 4.79 Å². The summed E-state index contributed by atoms with van der Waals surface area (Å²) in [5.41, 5.74) is 0.661. The number of fused-ring (bicyclic) bond motifs is 1. The molecule has 6 heteroatoms. The lowest BCUT2D eigenvalue weighted by atomic mass is 10.2. The Hall–Kier alpha value is -1.82. The molecule has 0 aliphatic heterocycles. The molecular weight excluding hydrogens is 334 g/mol. The molecule has 1 unspecified atom stereocenters. The number of nitrogens with zero attached hydrogens (tertiary/aromatic N) is 3. The Bertz CT molecular complexity index is 784. The largest absolute Gasteiger partial charge is 0.342 e. The van der Waals surface area contributed by atoms with Crippen LogP contribution in [0.5, 0.6) is 0 Å². The van der Waals surface area contributed by atoms with Gasteiger partial charge in [0.2, 0.25) is 5.91 Å². The molecule has 136 valence electrons. The highest BCUT2D eigenvalue weighted by Gasteiger charge is 2.22. The van der Waals surface area contributed by atoms with E-state index in [-0.39, 0.29) is 16.7 Å². The van der Waals surface area contributed by atoms with Crippen molar-refractivity contribution in [3.05, 3.63) is 34.6 Å². The number of unbranched alkanes of at least 4 members (excludes halogenated alkanes) is 1. The van der Waals surface area contributed by atoms with E-state index in [0.717, 1.165) is 12.8 Å².